The third-order valence-electron chi connectivity index (χ3n) is 4.88. The highest BCUT2D eigenvalue weighted by Gasteiger charge is 2.17. The Morgan fingerprint density at radius 1 is 0.382 bits per heavy atom. The summed E-state index contributed by atoms with van der Waals surface area (Å²) in [5.74, 6) is -2.73. The Bertz CT molecular complexity index is 1220. The molecule has 0 aliphatic carbocycles. The van der Waals surface area contributed by atoms with Crippen molar-refractivity contribution in [2.45, 2.75) is 0 Å². The van der Waals surface area contributed by atoms with Crippen molar-refractivity contribution in [3.05, 3.63) is 143 Å². The third kappa shape index (κ3) is 5.69. The summed E-state index contributed by atoms with van der Waals surface area (Å²) in [6.45, 7) is 0. The normalized spacial score (nSPS) is 9.88. The lowest BCUT2D eigenvalue weighted by atomic mass is 9.98. The van der Waals surface area contributed by atoms with Gasteiger partial charge in [-0.2, -0.15) is 0 Å². The molecule has 0 saturated carbocycles. The Balaban J connectivity index is 0.000000191. The van der Waals surface area contributed by atoms with Gasteiger partial charge in [0.25, 0.3) is 0 Å². The number of carboxylic acid groups (broad SMARTS) is 2. The van der Waals surface area contributed by atoms with E-state index in [1.807, 2.05) is 0 Å². The van der Waals surface area contributed by atoms with Crippen LogP contribution in [0.25, 0.3) is 0 Å². The standard InChI is InChI=1S/2C14H10O3/c2*15-13(10-6-2-1-3-7-10)11-8-4-5-9-12(11)14(16)17/h2*1-9H,(H,16,17). The van der Waals surface area contributed by atoms with E-state index in [-0.39, 0.29) is 33.8 Å². The molecule has 0 amide bonds. The van der Waals surface area contributed by atoms with Gasteiger partial charge in [-0.25, -0.2) is 9.59 Å². The Morgan fingerprint density at radius 3 is 0.941 bits per heavy atom. The second-order valence-electron chi connectivity index (χ2n) is 7.09. The van der Waals surface area contributed by atoms with Crippen LogP contribution in [0.1, 0.15) is 52.6 Å². The van der Waals surface area contributed by atoms with E-state index < -0.39 is 11.9 Å². The van der Waals surface area contributed by atoms with E-state index in [9.17, 15) is 19.2 Å². The van der Waals surface area contributed by atoms with Crippen LogP contribution in [0.3, 0.4) is 0 Å². The maximum atomic E-state index is 12.1. The van der Waals surface area contributed by atoms with Gasteiger partial charge < -0.3 is 10.2 Å². The van der Waals surface area contributed by atoms with Gasteiger partial charge >= 0.3 is 11.9 Å². The number of hydrogen-bond donors (Lipinski definition) is 2. The zero-order valence-corrected chi connectivity index (χ0v) is 17.9. The molecule has 0 saturated heterocycles. The molecule has 0 aromatic heterocycles. The molecule has 6 nitrogen and oxygen atoms in total. The van der Waals surface area contributed by atoms with Gasteiger partial charge in [0, 0.05) is 22.3 Å². The van der Waals surface area contributed by atoms with Gasteiger partial charge in [-0.1, -0.05) is 97.1 Å². The van der Waals surface area contributed by atoms with Gasteiger partial charge in [-0.15, -0.1) is 0 Å². The molecule has 34 heavy (non-hydrogen) atoms. The smallest absolute Gasteiger partial charge is 0.336 e. The predicted octanol–water partition coefficient (Wildman–Crippen LogP) is 5.23. The average molecular weight is 452 g/mol. The van der Waals surface area contributed by atoms with Crippen molar-refractivity contribution in [1.82, 2.24) is 0 Å². The van der Waals surface area contributed by atoms with Gasteiger partial charge in [0.1, 0.15) is 0 Å². The molecule has 0 radical (unpaired) electrons. The summed E-state index contributed by atoms with van der Waals surface area (Å²) in [7, 11) is 0. The summed E-state index contributed by atoms with van der Waals surface area (Å²) in [5.41, 5.74) is 1.46. The van der Waals surface area contributed by atoms with Crippen LogP contribution < -0.4 is 0 Å². The Hall–Kier alpha value is -4.84. The maximum Gasteiger partial charge on any atom is 0.336 e. The van der Waals surface area contributed by atoms with Crippen LogP contribution in [0.2, 0.25) is 0 Å². The number of carbonyl (C=O) groups excluding carboxylic acids is 2. The minimum atomic E-state index is -1.09. The lowest BCUT2D eigenvalue weighted by Gasteiger charge is -2.04. The van der Waals surface area contributed by atoms with Crippen LogP contribution in [0.15, 0.2) is 109 Å². The van der Waals surface area contributed by atoms with Crippen LogP contribution in [0, 0.1) is 0 Å². The summed E-state index contributed by atoms with van der Waals surface area (Å²) >= 11 is 0. The van der Waals surface area contributed by atoms with Crippen LogP contribution in [-0.4, -0.2) is 33.7 Å². The second-order valence-corrected chi connectivity index (χ2v) is 7.09. The van der Waals surface area contributed by atoms with Crippen LogP contribution >= 0.6 is 0 Å². The zero-order chi connectivity index (χ0) is 24.5. The fraction of sp³-hybridized carbons (Fsp3) is 0. The molecule has 0 aliphatic rings. The topological polar surface area (TPSA) is 109 Å². The van der Waals surface area contributed by atoms with Crippen molar-refractivity contribution in [2.24, 2.45) is 0 Å². The number of carboxylic acids is 2. The summed E-state index contributed by atoms with van der Waals surface area (Å²) in [6.07, 6.45) is 0. The molecule has 0 unspecified atom stereocenters. The summed E-state index contributed by atoms with van der Waals surface area (Å²) < 4.78 is 0. The third-order valence-corrected chi connectivity index (χ3v) is 4.88. The molecule has 0 spiro atoms. The second kappa shape index (κ2) is 11.2. The first-order valence-corrected chi connectivity index (χ1v) is 10.2. The average Bonchev–Trinajstić information content (AvgIpc) is 2.89. The van der Waals surface area contributed by atoms with Crippen LogP contribution in [0.5, 0.6) is 0 Å². The molecule has 0 atom stereocenters. The van der Waals surface area contributed by atoms with E-state index in [1.54, 1.807) is 84.9 Å². The first kappa shape index (κ1) is 23.8. The molecule has 2 N–H and O–H groups in total. The SMILES string of the molecule is O=C(O)c1ccccc1C(=O)c1ccccc1.O=C(O)c1ccccc1C(=O)c1ccccc1. The lowest BCUT2D eigenvalue weighted by molar-refractivity contribution is 0.0683. The molecule has 4 aromatic rings. The number of hydrogen-bond acceptors (Lipinski definition) is 4. The van der Waals surface area contributed by atoms with Gasteiger partial charge in [0.2, 0.25) is 0 Å². The molecule has 0 heterocycles. The van der Waals surface area contributed by atoms with Gasteiger partial charge in [-0.05, 0) is 12.1 Å². The van der Waals surface area contributed by atoms with Gasteiger partial charge in [0.05, 0.1) is 11.1 Å². The molecule has 168 valence electrons. The molecule has 4 aromatic carbocycles. The summed E-state index contributed by atoms with van der Waals surface area (Å²) in [5, 5.41) is 18.0. The van der Waals surface area contributed by atoms with E-state index in [2.05, 4.69) is 0 Å². The number of aromatic carboxylic acids is 2. The number of ketones is 2. The first-order chi connectivity index (χ1) is 16.4. The minimum Gasteiger partial charge on any atom is -0.478 e. The molecule has 4 rings (SSSR count). The van der Waals surface area contributed by atoms with Crippen molar-refractivity contribution in [3.63, 3.8) is 0 Å². The number of rotatable bonds is 6. The van der Waals surface area contributed by atoms with Crippen molar-refractivity contribution < 1.29 is 29.4 Å². The van der Waals surface area contributed by atoms with Crippen LogP contribution in [-0.2, 0) is 0 Å². The molecule has 0 fully saturated rings. The van der Waals surface area contributed by atoms with E-state index >= 15 is 0 Å². The molecule has 0 bridgehead atoms. The lowest BCUT2D eigenvalue weighted by Crippen LogP contribution is -2.09. The van der Waals surface area contributed by atoms with E-state index in [0.717, 1.165) is 0 Å². The van der Waals surface area contributed by atoms with Crippen molar-refractivity contribution in [3.8, 4) is 0 Å². The highest BCUT2D eigenvalue weighted by atomic mass is 16.4. The number of benzene rings is 4. The molecular formula is C28H20O6. The van der Waals surface area contributed by atoms with Crippen LogP contribution in [0.4, 0.5) is 0 Å². The van der Waals surface area contributed by atoms with Gasteiger partial charge in [0.15, 0.2) is 11.6 Å². The first-order valence-electron chi connectivity index (χ1n) is 10.2. The number of carbonyl (C=O) groups is 4. The fourth-order valence-electron chi connectivity index (χ4n) is 3.23. The quantitative estimate of drug-likeness (QED) is 0.388. The highest BCUT2D eigenvalue weighted by Crippen LogP contribution is 2.15. The molecule has 0 aliphatic heterocycles. The summed E-state index contributed by atoms with van der Waals surface area (Å²) in [6, 6.07) is 29.7. The Labute approximate surface area is 195 Å². The van der Waals surface area contributed by atoms with E-state index in [0.29, 0.717) is 11.1 Å². The largest absolute Gasteiger partial charge is 0.478 e. The van der Waals surface area contributed by atoms with Gasteiger partial charge in [-0.3, -0.25) is 9.59 Å². The van der Waals surface area contributed by atoms with Crippen molar-refractivity contribution in [1.29, 1.82) is 0 Å². The highest BCUT2D eigenvalue weighted by molar-refractivity contribution is 6.14. The van der Waals surface area contributed by atoms with E-state index in [1.165, 1.54) is 24.3 Å². The molecule has 6 heteroatoms. The predicted molar refractivity (Wildman–Crippen MR) is 127 cm³/mol. The fourth-order valence-corrected chi connectivity index (χ4v) is 3.23. The zero-order valence-electron chi connectivity index (χ0n) is 17.9. The summed E-state index contributed by atoms with van der Waals surface area (Å²) in [4.78, 5) is 46.2. The van der Waals surface area contributed by atoms with Crippen molar-refractivity contribution >= 4 is 23.5 Å². The van der Waals surface area contributed by atoms with Crippen molar-refractivity contribution in [2.75, 3.05) is 0 Å². The van der Waals surface area contributed by atoms with E-state index in [4.69, 9.17) is 10.2 Å². The minimum absolute atomic E-state index is 0.0290. The monoisotopic (exact) mass is 452 g/mol. The Morgan fingerprint density at radius 2 is 0.647 bits per heavy atom. The Kier molecular flexibility index (Phi) is 7.81. The maximum absolute atomic E-state index is 12.1. The molecular weight excluding hydrogens is 432 g/mol.